The van der Waals surface area contributed by atoms with Gasteiger partial charge in [-0.3, -0.25) is 9.78 Å². The average Bonchev–Trinajstić information content (AvgIpc) is 2.04. The summed E-state index contributed by atoms with van der Waals surface area (Å²) in [6, 6.07) is 1.62. The molecule has 1 aromatic rings. The van der Waals surface area contributed by atoms with Crippen molar-refractivity contribution in [2.75, 3.05) is 6.61 Å². The molecule has 0 spiro atoms. The average molecular weight is 165 g/mol. The van der Waals surface area contributed by atoms with Gasteiger partial charge in [0.1, 0.15) is 0 Å². The van der Waals surface area contributed by atoms with Crippen molar-refractivity contribution in [3.63, 3.8) is 0 Å². The maximum Gasteiger partial charge on any atom is 0.250 e. The van der Waals surface area contributed by atoms with Crippen LogP contribution in [0.15, 0.2) is 10.9 Å². The highest BCUT2D eigenvalue weighted by molar-refractivity contribution is 5.34. The zero-order valence-electron chi connectivity index (χ0n) is 7.02. The van der Waals surface area contributed by atoms with Crippen LogP contribution < -0.4 is 10.3 Å². The van der Waals surface area contributed by atoms with Gasteiger partial charge in [-0.05, 0) is 25.3 Å². The Labute approximate surface area is 70.4 Å². The van der Waals surface area contributed by atoms with Gasteiger partial charge in [0.15, 0.2) is 5.88 Å². The lowest BCUT2D eigenvalue weighted by Crippen LogP contribution is -2.16. The number of aromatic amines is 1. The molecule has 12 heavy (non-hydrogen) atoms. The Kier molecular flexibility index (Phi) is 1.64. The summed E-state index contributed by atoms with van der Waals surface area (Å²) in [5.41, 5.74) is 2.11. The van der Waals surface area contributed by atoms with E-state index < -0.39 is 0 Å². The molecule has 2 rings (SSSR count). The van der Waals surface area contributed by atoms with Crippen LogP contribution >= 0.6 is 0 Å². The molecule has 3 nitrogen and oxygen atoms in total. The summed E-state index contributed by atoms with van der Waals surface area (Å²) in [5, 5.41) is 0. The van der Waals surface area contributed by atoms with Crippen molar-refractivity contribution in [2.24, 2.45) is 0 Å². The van der Waals surface area contributed by atoms with Crippen LogP contribution in [0.25, 0.3) is 0 Å². The summed E-state index contributed by atoms with van der Waals surface area (Å²) in [5.74, 6) is 0.672. The van der Waals surface area contributed by atoms with E-state index in [4.69, 9.17) is 4.74 Å². The summed E-state index contributed by atoms with van der Waals surface area (Å²) in [7, 11) is 0. The molecular formula is C9H11NO2. The molecule has 0 aromatic carbocycles. The minimum absolute atomic E-state index is 0.0758. The molecular weight excluding hydrogens is 154 g/mol. The van der Waals surface area contributed by atoms with Gasteiger partial charge < -0.3 is 4.74 Å². The Morgan fingerprint density at radius 1 is 1.58 bits per heavy atom. The van der Waals surface area contributed by atoms with E-state index in [1.165, 1.54) is 0 Å². The van der Waals surface area contributed by atoms with Crippen molar-refractivity contribution in [2.45, 2.75) is 19.8 Å². The molecule has 1 aliphatic rings. The molecule has 1 aromatic heterocycles. The lowest BCUT2D eigenvalue weighted by Gasteiger charge is -2.17. The fraction of sp³-hybridized carbons (Fsp3) is 0.444. The van der Waals surface area contributed by atoms with Crippen molar-refractivity contribution >= 4 is 0 Å². The molecule has 1 aliphatic heterocycles. The maximum absolute atomic E-state index is 11.0. The summed E-state index contributed by atoms with van der Waals surface area (Å²) in [6.45, 7) is 2.66. The van der Waals surface area contributed by atoms with Crippen LogP contribution in [0.2, 0.25) is 0 Å². The summed E-state index contributed by atoms with van der Waals surface area (Å²) >= 11 is 0. The molecule has 0 saturated carbocycles. The number of rotatable bonds is 0. The second-order valence-electron chi connectivity index (χ2n) is 3.08. The van der Waals surface area contributed by atoms with Crippen molar-refractivity contribution in [3.05, 3.63) is 27.5 Å². The Morgan fingerprint density at radius 2 is 2.42 bits per heavy atom. The maximum atomic E-state index is 11.0. The minimum Gasteiger partial charge on any atom is -0.479 e. The third-order valence-corrected chi connectivity index (χ3v) is 2.15. The first-order chi connectivity index (χ1) is 5.77. The number of aryl methyl sites for hydroxylation is 1. The second-order valence-corrected chi connectivity index (χ2v) is 3.08. The van der Waals surface area contributed by atoms with Gasteiger partial charge in [-0.15, -0.1) is 0 Å². The molecule has 1 N–H and O–H groups in total. The van der Waals surface area contributed by atoms with Crippen LogP contribution in [-0.4, -0.2) is 11.6 Å². The number of hydrogen-bond donors (Lipinski definition) is 1. The molecule has 0 saturated heterocycles. The highest BCUT2D eigenvalue weighted by atomic mass is 16.5. The SMILES string of the molecule is Cc1cc(=O)[nH]c2c1CCCO2. The summed E-state index contributed by atoms with van der Waals surface area (Å²) in [4.78, 5) is 13.7. The highest BCUT2D eigenvalue weighted by Crippen LogP contribution is 2.22. The zero-order valence-corrected chi connectivity index (χ0v) is 7.02. The van der Waals surface area contributed by atoms with Crippen LogP contribution in [0, 0.1) is 6.92 Å². The Balaban J connectivity index is 2.60. The molecule has 0 fully saturated rings. The monoisotopic (exact) mass is 165 g/mol. The molecule has 0 atom stereocenters. The van der Waals surface area contributed by atoms with Crippen molar-refractivity contribution in [1.82, 2.24) is 4.98 Å². The van der Waals surface area contributed by atoms with Crippen LogP contribution in [0.1, 0.15) is 17.5 Å². The molecule has 0 amide bonds. The number of nitrogens with one attached hydrogen (secondary N) is 1. The first-order valence-electron chi connectivity index (χ1n) is 4.13. The van der Waals surface area contributed by atoms with Gasteiger partial charge in [-0.1, -0.05) is 0 Å². The van der Waals surface area contributed by atoms with Gasteiger partial charge in [0, 0.05) is 11.6 Å². The van der Waals surface area contributed by atoms with E-state index in [1.807, 2.05) is 6.92 Å². The molecule has 0 unspecified atom stereocenters. The summed E-state index contributed by atoms with van der Waals surface area (Å²) < 4.78 is 5.33. The van der Waals surface area contributed by atoms with Gasteiger partial charge in [0.2, 0.25) is 0 Å². The molecule has 0 bridgehead atoms. The number of fused-ring (bicyclic) bond motifs is 1. The number of aromatic nitrogens is 1. The zero-order chi connectivity index (χ0) is 8.55. The van der Waals surface area contributed by atoms with E-state index in [0.717, 1.165) is 24.0 Å². The Morgan fingerprint density at radius 3 is 3.25 bits per heavy atom. The van der Waals surface area contributed by atoms with Crippen LogP contribution in [0.5, 0.6) is 5.88 Å². The number of pyridine rings is 1. The highest BCUT2D eigenvalue weighted by Gasteiger charge is 2.13. The lowest BCUT2D eigenvalue weighted by atomic mass is 10.0. The third-order valence-electron chi connectivity index (χ3n) is 2.15. The van der Waals surface area contributed by atoms with E-state index in [9.17, 15) is 4.79 Å². The summed E-state index contributed by atoms with van der Waals surface area (Å²) in [6.07, 6.45) is 2.05. The van der Waals surface area contributed by atoms with Gasteiger partial charge in [0.05, 0.1) is 6.61 Å². The van der Waals surface area contributed by atoms with E-state index in [1.54, 1.807) is 6.07 Å². The van der Waals surface area contributed by atoms with Crippen LogP contribution in [-0.2, 0) is 6.42 Å². The molecule has 2 heterocycles. The smallest absolute Gasteiger partial charge is 0.250 e. The number of hydrogen-bond acceptors (Lipinski definition) is 2. The predicted molar refractivity (Wildman–Crippen MR) is 45.6 cm³/mol. The first kappa shape index (κ1) is 7.40. The molecule has 0 radical (unpaired) electrons. The second kappa shape index (κ2) is 2.66. The van der Waals surface area contributed by atoms with Gasteiger partial charge in [0.25, 0.3) is 5.56 Å². The predicted octanol–water partition coefficient (Wildman–Crippen LogP) is 1.01. The fourth-order valence-electron chi connectivity index (χ4n) is 1.54. The quantitative estimate of drug-likeness (QED) is 0.623. The normalized spacial score (nSPS) is 15.1. The van der Waals surface area contributed by atoms with Gasteiger partial charge >= 0.3 is 0 Å². The Hall–Kier alpha value is -1.25. The van der Waals surface area contributed by atoms with Crippen LogP contribution in [0.3, 0.4) is 0 Å². The standard InChI is InChI=1S/C9H11NO2/c1-6-5-8(11)10-9-7(6)3-2-4-12-9/h5H,2-4H2,1H3,(H,10,11). The van der Waals surface area contributed by atoms with E-state index >= 15 is 0 Å². The van der Waals surface area contributed by atoms with Crippen molar-refractivity contribution in [1.29, 1.82) is 0 Å². The molecule has 3 heteroatoms. The van der Waals surface area contributed by atoms with Crippen LogP contribution in [0.4, 0.5) is 0 Å². The third kappa shape index (κ3) is 1.11. The molecule has 0 aliphatic carbocycles. The Bertz CT molecular complexity index is 354. The fourth-order valence-corrected chi connectivity index (χ4v) is 1.54. The minimum atomic E-state index is -0.0758. The molecule has 64 valence electrons. The largest absolute Gasteiger partial charge is 0.479 e. The van der Waals surface area contributed by atoms with Crippen molar-refractivity contribution in [3.8, 4) is 5.88 Å². The first-order valence-corrected chi connectivity index (χ1v) is 4.13. The number of ether oxygens (including phenoxy) is 1. The van der Waals surface area contributed by atoms with E-state index in [-0.39, 0.29) is 5.56 Å². The van der Waals surface area contributed by atoms with E-state index in [2.05, 4.69) is 4.98 Å². The lowest BCUT2D eigenvalue weighted by molar-refractivity contribution is 0.275. The van der Waals surface area contributed by atoms with E-state index in [0.29, 0.717) is 12.5 Å². The number of H-pyrrole nitrogens is 1. The van der Waals surface area contributed by atoms with Crippen molar-refractivity contribution < 1.29 is 4.74 Å². The topological polar surface area (TPSA) is 42.1 Å². The van der Waals surface area contributed by atoms with Gasteiger partial charge in [-0.25, -0.2) is 0 Å². The van der Waals surface area contributed by atoms with Gasteiger partial charge in [-0.2, -0.15) is 0 Å².